The Balaban J connectivity index is 1.89. The van der Waals surface area contributed by atoms with Crippen molar-refractivity contribution in [3.05, 3.63) is 40.8 Å². The second-order valence-electron chi connectivity index (χ2n) is 5.74. The van der Waals surface area contributed by atoms with Crippen molar-refractivity contribution >= 4 is 5.91 Å². The number of ether oxygens (including phenoxy) is 1. The number of hydrogen-bond acceptors (Lipinski definition) is 6. The van der Waals surface area contributed by atoms with Crippen LogP contribution in [0.4, 0.5) is 0 Å². The zero-order chi connectivity index (χ0) is 16.4. The molecule has 3 heterocycles. The Morgan fingerprint density at radius 1 is 1.43 bits per heavy atom. The molecule has 122 valence electrons. The number of carbonyl (C=O) groups excluding carboxylic acids is 1. The molecular weight excluding hydrogens is 296 g/mol. The number of aryl methyl sites for hydroxylation is 2. The van der Waals surface area contributed by atoms with E-state index in [1.807, 2.05) is 6.92 Å². The summed E-state index contributed by atoms with van der Waals surface area (Å²) in [5, 5.41) is 3.94. The number of hydrogen-bond donors (Lipinski definition) is 0. The third kappa shape index (κ3) is 2.96. The van der Waals surface area contributed by atoms with Crippen LogP contribution < -0.4 is 0 Å². The van der Waals surface area contributed by atoms with Crippen molar-refractivity contribution in [3.8, 4) is 0 Å². The van der Waals surface area contributed by atoms with Gasteiger partial charge in [-0.3, -0.25) is 14.8 Å². The van der Waals surface area contributed by atoms with E-state index in [4.69, 9.17) is 9.26 Å². The topological polar surface area (TPSA) is 81.4 Å². The number of amides is 1. The van der Waals surface area contributed by atoms with E-state index in [-0.39, 0.29) is 11.9 Å². The highest BCUT2D eigenvalue weighted by Crippen LogP contribution is 2.32. The summed E-state index contributed by atoms with van der Waals surface area (Å²) in [6.45, 7) is 4.66. The molecule has 0 aliphatic carbocycles. The molecule has 3 rings (SSSR count). The van der Waals surface area contributed by atoms with E-state index in [9.17, 15) is 4.79 Å². The van der Waals surface area contributed by atoms with Crippen LogP contribution >= 0.6 is 0 Å². The van der Waals surface area contributed by atoms with Crippen LogP contribution in [0.1, 0.15) is 52.1 Å². The van der Waals surface area contributed by atoms with Crippen LogP contribution in [0.25, 0.3) is 0 Å². The van der Waals surface area contributed by atoms with Gasteiger partial charge in [0, 0.05) is 19.9 Å². The van der Waals surface area contributed by atoms with Crippen molar-refractivity contribution in [2.45, 2.75) is 39.3 Å². The molecule has 7 nitrogen and oxygen atoms in total. The average molecular weight is 316 g/mol. The van der Waals surface area contributed by atoms with Gasteiger partial charge in [0.1, 0.15) is 5.76 Å². The second kappa shape index (κ2) is 6.45. The molecule has 0 spiro atoms. The lowest BCUT2D eigenvalue weighted by Gasteiger charge is -2.23. The Morgan fingerprint density at radius 2 is 2.26 bits per heavy atom. The maximum absolute atomic E-state index is 12.9. The Kier molecular flexibility index (Phi) is 4.38. The van der Waals surface area contributed by atoms with E-state index in [1.165, 1.54) is 0 Å². The molecule has 0 radical (unpaired) electrons. The van der Waals surface area contributed by atoms with Crippen molar-refractivity contribution in [1.82, 2.24) is 20.0 Å². The summed E-state index contributed by atoms with van der Waals surface area (Å²) in [6, 6.07) is -0.0673. The molecule has 0 aromatic carbocycles. The maximum atomic E-state index is 12.9. The summed E-state index contributed by atoms with van der Waals surface area (Å²) in [5.74, 6) is 0.473. The highest BCUT2D eigenvalue weighted by Gasteiger charge is 2.34. The molecule has 1 saturated heterocycles. The molecule has 2 aromatic rings. The molecule has 7 heteroatoms. The van der Waals surface area contributed by atoms with Gasteiger partial charge in [0.15, 0.2) is 5.69 Å². The summed E-state index contributed by atoms with van der Waals surface area (Å²) >= 11 is 0. The number of rotatable bonds is 4. The van der Waals surface area contributed by atoms with E-state index in [0.29, 0.717) is 30.2 Å². The van der Waals surface area contributed by atoms with Crippen molar-refractivity contribution in [1.29, 1.82) is 0 Å². The van der Waals surface area contributed by atoms with Crippen LogP contribution in [0, 0.1) is 13.8 Å². The number of methoxy groups -OCH3 is 1. The monoisotopic (exact) mass is 316 g/mol. The zero-order valence-electron chi connectivity index (χ0n) is 13.6. The van der Waals surface area contributed by atoms with E-state index in [1.54, 1.807) is 31.3 Å². The van der Waals surface area contributed by atoms with Crippen LogP contribution in [0.2, 0.25) is 0 Å². The number of carbonyl (C=O) groups is 1. The highest BCUT2D eigenvalue weighted by molar-refractivity contribution is 5.94. The van der Waals surface area contributed by atoms with Gasteiger partial charge in [-0.15, -0.1) is 0 Å². The van der Waals surface area contributed by atoms with E-state index >= 15 is 0 Å². The molecule has 1 aliphatic heterocycles. The molecule has 0 N–H and O–H groups in total. The van der Waals surface area contributed by atoms with E-state index in [2.05, 4.69) is 15.1 Å². The normalized spacial score (nSPS) is 17.7. The summed E-state index contributed by atoms with van der Waals surface area (Å²) in [7, 11) is 1.59. The minimum atomic E-state index is -0.139. The Bertz CT molecular complexity index is 713. The first-order chi connectivity index (χ1) is 11.1. The van der Waals surface area contributed by atoms with Gasteiger partial charge < -0.3 is 14.2 Å². The Hall–Kier alpha value is -2.28. The SMILES string of the molecule is COCc1c(C(=O)N2CCC[C@H]2c2cncc(C)n2)noc1C. The van der Waals surface area contributed by atoms with Gasteiger partial charge in [0.2, 0.25) is 0 Å². The lowest BCUT2D eigenvalue weighted by molar-refractivity contribution is 0.0717. The van der Waals surface area contributed by atoms with Crippen molar-refractivity contribution in [3.63, 3.8) is 0 Å². The largest absolute Gasteiger partial charge is 0.380 e. The van der Waals surface area contributed by atoms with Gasteiger partial charge in [0.25, 0.3) is 5.91 Å². The smallest absolute Gasteiger partial charge is 0.276 e. The van der Waals surface area contributed by atoms with E-state index < -0.39 is 0 Å². The third-order valence-electron chi connectivity index (χ3n) is 4.10. The Labute approximate surface area is 134 Å². The number of likely N-dealkylation sites (tertiary alicyclic amines) is 1. The first-order valence-electron chi connectivity index (χ1n) is 7.65. The van der Waals surface area contributed by atoms with Crippen molar-refractivity contribution in [2.75, 3.05) is 13.7 Å². The molecule has 0 bridgehead atoms. The fraction of sp³-hybridized carbons (Fsp3) is 0.500. The predicted octanol–water partition coefficient (Wildman–Crippen LogP) is 2.21. The Morgan fingerprint density at radius 3 is 3.00 bits per heavy atom. The first kappa shape index (κ1) is 15.6. The van der Waals surface area contributed by atoms with Crippen molar-refractivity contribution in [2.24, 2.45) is 0 Å². The van der Waals surface area contributed by atoms with Crippen LogP contribution in [-0.2, 0) is 11.3 Å². The molecule has 1 fully saturated rings. The van der Waals surface area contributed by atoms with Crippen LogP contribution in [0.15, 0.2) is 16.9 Å². The molecule has 1 aliphatic rings. The van der Waals surface area contributed by atoms with Gasteiger partial charge in [0.05, 0.1) is 35.8 Å². The number of nitrogens with zero attached hydrogens (tertiary/aromatic N) is 4. The lowest BCUT2D eigenvalue weighted by atomic mass is 10.1. The molecule has 1 amide bonds. The summed E-state index contributed by atoms with van der Waals surface area (Å²) in [5.41, 5.74) is 2.71. The predicted molar refractivity (Wildman–Crippen MR) is 81.7 cm³/mol. The quantitative estimate of drug-likeness (QED) is 0.860. The minimum Gasteiger partial charge on any atom is -0.380 e. The van der Waals surface area contributed by atoms with Crippen LogP contribution in [0.3, 0.4) is 0 Å². The molecule has 2 aromatic heterocycles. The first-order valence-corrected chi connectivity index (χ1v) is 7.65. The summed E-state index contributed by atoms with van der Waals surface area (Å²) < 4.78 is 10.3. The van der Waals surface area contributed by atoms with Crippen LogP contribution in [0.5, 0.6) is 0 Å². The van der Waals surface area contributed by atoms with Gasteiger partial charge in [-0.1, -0.05) is 5.16 Å². The fourth-order valence-electron chi connectivity index (χ4n) is 2.97. The number of aromatic nitrogens is 3. The van der Waals surface area contributed by atoms with E-state index in [0.717, 1.165) is 24.2 Å². The molecule has 23 heavy (non-hydrogen) atoms. The van der Waals surface area contributed by atoms with Gasteiger partial charge in [-0.05, 0) is 26.7 Å². The highest BCUT2D eigenvalue weighted by atomic mass is 16.5. The third-order valence-corrected chi connectivity index (χ3v) is 4.10. The standard InChI is InChI=1S/C16H20N4O3/c1-10-7-17-8-13(18-10)14-5-4-6-20(14)16(21)15-12(9-22-3)11(2)23-19-15/h7-8,14H,4-6,9H2,1-3H3/t14-/m0/s1. The summed E-state index contributed by atoms with van der Waals surface area (Å²) in [6.07, 6.45) is 5.25. The van der Waals surface area contributed by atoms with Crippen molar-refractivity contribution < 1.29 is 14.1 Å². The average Bonchev–Trinajstić information content (AvgIpc) is 3.15. The molecule has 0 saturated carbocycles. The zero-order valence-corrected chi connectivity index (χ0v) is 13.6. The molecule has 0 unspecified atom stereocenters. The molecule has 1 atom stereocenters. The lowest BCUT2D eigenvalue weighted by Crippen LogP contribution is -2.32. The van der Waals surface area contributed by atoms with Gasteiger partial charge in [-0.25, -0.2) is 0 Å². The second-order valence-corrected chi connectivity index (χ2v) is 5.74. The maximum Gasteiger partial charge on any atom is 0.276 e. The fourth-order valence-corrected chi connectivity index (χ4v) is 2.97. The summed E-state index contributed by atoms with van der Waals surface area (Å²) in [4.78, 5) is 23.4. The van der Waals surface area contributed by atoms with Gasteiger partial charge >= 0.3 is 0 Å². The van der Waals surface area contributed by atoms with Gasteiger partial charge in [-0.2, -0.15) is 0 Å². The molecular formula is C16H20N4O3. The van der Waals surface area contributed by atoms with Crippen LogP contribution in [-0.4, -0.2) is 39.6 Å². The minimum absolute atomic E-state index is 0.0673.